The molecule has 1 heterocycles. The summed E-state index contributed by atoms with van der Waals surface area (Å²) in [7, 11) is 0. The van der Waals surface area contributed by atoms with E-state index >= 15 is 0 Å². The number of hydrogen-bond donors (Lipinski definition) is 2. The zero-order valence-corrected chi connectivity index (χ0v) is 12.0. The maximum Gasteiger partial charge on any atom is 0.252 e. The fourth-order valence-corrected chi connectivity index (χ4v) is 2.31. The Kier molecular flexibility index (Phi) is 6.21. The summed E-state index contributed by atoms with van der Waals surface area (Å²) in [6.07, 6.45) is 1.23. The van der Waals surface area contributed by atoms with Crippen molar-refractivity contribution in [1.82, 2.24) is 10.6 Å². The van der Waals surface area contributed by atoms with Gasteiger partial charge in [0.25, 0.3) is 5.91 Å². The summed E-state index contributed by atoms with van der Waals surface area (Å²) >= 11 is 4.75. The summed E-state index contributed by atoms with van der Waals surface area (Å²) in [5.41, 5.74) is 0.621. The first-order valence-corrected chi connectivity index (χ1v) is 7.09. The predicted molar refractivity (Wildman–Crippen MR) is 72.3 cm³/mol. The number of halogens is 1. The molecule has 17 heavy (non-hydrogen) atoms. The van der Waals surface area contributed by atoms with Crippen LogP contribution in [0.25, 0.3) is 0 Å². The topological polar surface area (TPSA) is 58.2 Å². The van der Waals surface area contributed by atoms with Crippen LogP contribution in [-0.2, 0) is 4.79 Å². The Morgan fingerprint density at radius 3 is 2.71 bits per heavy atom. The van der Waals surface area contributed by atoms with Crippen molar-refractivity contribution in [2.75, 3.05) is 13.1 Å². The molecular formula is C11H15BrN2O2S. The van der Waals surface area contributed by atoms with Gasteiger partial charge >= 0.3 is 0 Å². The van der Waals surface area contributed by atoms with Crippen LogP contribution in [0, 0.1) is 0 Å². The number of amides is 2. The highest BCUT2D eigenvalue weighted by Crippen LogP contribution is 2.20. The van der Waals surface area contributed by atoms with Crippen molar-refractivity contribution >= 4 is 39.1 Å². The van der Waals surface area contributed by atoms with E-state index in [4.69, 9.17) is 0 Å². The monoisotopic (exact) mass is 318 g/mol. The third-order valence-corrected chi connectivity index (χ3v) is 3.54. The van der Waals surface area contributed by atoms with Gasteiger partial charge in [0.05, 0.1) is 9.35 Å². The third kappa shape index (κ3) is 5.32. The molecule has 6 heteroatoms. The smallest absolute Gasteiger partial charge is 0.252 e. The highest BCUT2D eigenvalue weighted by Gasteiger charge is 2.08. The minimum absolute atomic E-state index is 0.0290. The standard InChI is InChI=1S/C11H15BrN2O2S/c1-2-4-13-10(15)3-5-14-11(16)8-6-9(12)17-7-8/h6-7H,2-5H2,1H3,(H,13,15)(H,14,16). The second-order valence-electron chi connectivity index (χ2n) is 3.50. The van der Waals surface area contributed by atoms with Crippen molar-refractivity contribution in [2.45, 2.75) is 19.8 Å². The summed E-state index contributed by atoms with van der Waals surface area (Å²) in [6.45, 7) is 3.04. The van der Waals surface area contributed by atoms with E-state index < -0.39 is 0 Å². The largest absolute Gasteiger partial charge is 0.356 e. The van der Waals surface area contributed by atoms with E-state index in [2.05, 4.69) is 26.6 Å². The molecule has 0 aliphatic carbocycles. The van der Waals surface area contributed by atoms with Crippen LogP contribution in [0.15, 0.2) is 15.2 Å². The highest BCUT2D eigenvalue weighted by molar-refractivity contribution is 9.11. The summed E-state index contributed by atoms with van der Waals surface area (Å²) in [6, 6.07) is 1.76. The molecule has 0 aliphatic rings. The predicted octanol–water partition coefficient (Wildman–Crippen LogP) is 2.16. The van der Waals surface area contributed by atoms with Crippen LogP contribution in [0.1, 0.15) is 30.1 Å². The second kappa shape index (κ2) is 7.45. The van der Waals surface area contributed by atoms with Crippen molar-refractivity contribution in [3.05, 3.63) is 20.8 Å². The van der Waals surface area contributed by atoms with Gasteiger partial charge in [0.15, 0.2) is 0 Å². The van der Waals surface area contributed by atoms with Crippen molar-refractivity contribution in [1.29, 1.82) is 0 Å². The van der Waals surface area contributed by atoms with Crippen molar-refractivity contribution in [2.24, 2.45) is 0 Å². The first-order chi connectivity index (χ1) is 8.13. The number of thiophene rings is 1. The lowest BCUT2D eigenvalue weighted by molar-refractivity contribution is -0.120. The maximum atomic E-state index is 11.6. The normalized spacial score (nSPS) is 10.0. The van der Waals surface area contributed by atoms with Crippen molar-refractivity contribution < 1.29 is 9.59 Å². The van der Waals surface area contributed by atoms with Crippen LogP contribution in [0.4, 0.5) is 0 Å². The van der Waals surface area contributed by atoms with E-state index in [1.807, 2.05) is 6.92 Å². The fraction of sp³-hybridized carbons (Fsp3) is 0.455. The van der Waals surface area contributed by atoms with E-state index in [0.717, 1.165) is 10.2 Å². The Hall–Kier alpha value is -0.880. The number of nitrogens with one attached hydrogen (secondary N) is 2. The van der Waals surface area contributed by atoms with Gasteiger partial charge in [-0.05, 0) is 28.4 Å². The van der Waals surface area contributed by atoms with Crippen LogP contribution in [0.3, 0.4) is 0 Å². The summed E-state index contributed by atoms with van der Waals surface area (Å²) < 4.78 is 0.920. The highest BCUT2D eigenvalue weighted by atomic mass is 79.9. The van der Waals surface area contributed by atoms with Gasteiger partial charge in [-0.15, -0.1) is 11.3 Å². The Balaban J connectivity index is 2.23. The van der Waals surface area contributed by atoms with Gasteiger partial charge in [0.2, 0.25) is 5.91 Å². The van der Waals surface area contributed by atoms with Crippen molar-refractivity contribution in [3.8, 4) is 0 Å². The molecule has 0 spiro atoms. The Morgan fingerprint density at radius 1 is 1.35 bits per heavy atom. The molecule has 0 aliphatic heterocycles. The quantitative estimate of drug-likeness (QED) is 0.844. The Morgan fingerprint density at radius 2 is 2.12 bits per heavy atom. The van der Waals surface area contributed by atoms with Crippen LogP contribution in [-0.4, -0.2) is 24.9 Å². The van der Waals surface area contributed by atoms with Crippen LogP contribution in [0.5, 0.6) is 0 Å². The SMILES string of the molecule is CCCNC(=O)CCNC(=O)c1csc(Br)c1. The second-order valence-corrected chi connectivity index (χ2v) is 5.79. The average molecular weight is 319 g/mol. The molecule has 4 nitrogen and oxygen atoms in total. The average Bonchev–Trinajstić information content (AvgIpc) is 2.73. The molecule has 0 saturated heterocycles. The summed E-state index contributed by atoms with van der Waals surface area (Å²) in [5, 5.41) is 7.23. The van der Waals surface area contributed by atoms with E-state index in [-0.39, 0.29) is 11.8 Å². The summed E-state index contributed by atoms with van der Waals surface area (Å²) in [4.78, 5) is 22.9. The van der Waals surface area contributed by atoms with Crippen molar-refractivity contribution in [3.63, 3.8) is 0 Å². The van der Waals surface area contributed by atoms with Gasteiger partial charge in [-0.1, -0.05) is 6.92 Å². The Labute approximate surface area is 113 Å². The lowest BCUT2D eigenvalue weighted by atomic mass is 10.3. The lowest BCUT2D eigenvalue weighted by Gasteiger charge is -2.04. The molecule has 1 aromatic heterocycles. The van der Waals surface area contributed by atoms with Gasteiger partial charge in [0.1, 0.15) is 0 Å². The van der Waals surface area contributed by atoms with E-state index in [1.54, 1.807) is 11.4 Å². The molecule has 0 aromatic carbocycles. The van der Waals surface area contributed by atoms with E-state index in [9.17, 15) is 9.59 Å². The molecule has 0 fully saturated rings. The maximum absolute atomic E-state index is 11.6. The number of rotatable bonds is 6. The molecule has 0 bridgehead atoms. The van der Waals surface area contributed by atoms with E-state index in [1.165, 1.54) is 11.3 Å². The van der Waals surface area contributed by atoms with Crippen LogP contribution in [0.2, 0.25) is 0 Å². The number of carbonyl (C=O) groups excluding carboxylic acids is 2. The number of carbonyl (C=O) groups is 2. The third-order valence-electron chi connectivity index (χ3n) is 2.04. The molecular weight excluding hydrogens is 304 g/mol. The van der Waals surface area contributed by atoms with Gasteiger partial charge in [-0.3, -0.25) is 9.59 Å². The first kappa shape index (κ1) is 14.2. The zero-order valence-electron chi connectivity index (χ0n) is 9.59. The number of hydrogen-bond acceptors (Lipinski definition) is 3. The summed E-state index contributed by atoms with van der Waals surface area (Å²) in [5.74, 6) is -0.172. The molecule has 0 radical (unpaired) electrons. The Bertz CT molecular complexity index is 393. The van der Waals surface area contributed by atoms with Gasteiger partial charge in [0, 0.05) is 24.9 Å². The molecule has 2 N–H and O–H groups in total. The minimum Gasteiger partial charge on any atom is -0.356 e. The van der Waals surface area contributed by atoms with Crippen LogP contribution < -0.4 is 10.6 Å². The molecule has 0 unspecified atom stereocenters. The van der Waals surface area contributed by atoms with Gasteiger partial charge in [-0.25, -0.2) is 0 Å². The first-order valence-electron chi connectivity index (χ1n) is 5.42. The molecule has 0 atom stereocenters. The lowest BCUT2D eigenvalue weighted by Crippen LogP contribution is -2.30. The van der Waals surface area contributed by atoms with Gasteiger partial charge in [-0.2, -0.15) is 0 Å². The molecule has 0 saturated carbocycles. The molecule has 1 rings (SSSR count). The minimum atomic E-state index is -0.143. The molecule has 1 aromatic rings. The zero-order chi connectivity index (χ0) is 12.7. The molecule has 94 valence electrons. The fourth-order valence-electron chi connectivity index (χ4n) is 1.17. The van der Waals surface area contributed by atoms with Gasteiger partial charge < -0.3 is 10.6 Å². The van der Waals surface area contributed by atoms with E-state index in [0.29, 0.717) is 25.1 Å². The van der Waals surface area contributed by atoms with Crippen LogP contribution >= 0.6 is 27.3 Å². The molecule has 2 amide bonds.